The van der Waals surface area contributed by atoms with E-state index in [1.807, 2.05) is 12.1 Å². The van der Waals surface area contributed by atoms with Crippen molar-refractivity contribution in [2.75, 3.05) is 30.8 Å². The van der Waals surface area contributed by atoms with E-state index >= 15 is 0 Å². The molecular formula is C11H17N3O. The molecule has 1 aromatic rings. The lowest BCUT2D eigenvalue weighted by Crippen LogP contribution is -2.10. The molecule has 1 aliphatic rings. The fourth-order valence-electron chi connectivity index (χ4n) is 1.77. The van der Waals surface area contributed by atoms with Gasteiger partial charge >= 0.3 is 0 Å². The Bertz CT molecular complexity index is 310. The van der Waals surface area contributed by atoms with E-state index in [1.165, 1.54) is 6.42 Å². The fraction of sp³-hybridized carbons (Fsp3) is 0.545. The Morgan fingerprint density at radius 3 is 3.20 bits per heavy atom. The van der Waals surface area contributed by atoms with Gasteiger partial charge in [-0.15, -0.1) is 0 Å². The molecule has 1 aliphatic heterocycles. The first-order chi connectivity index (χ1) is 7.34. The second-order valence-electron chi connectivity index (χ2n) is 3.89. The van der Waals surface area contributed by atoms with E-state index in [0.717, 1.165) is 32.0 Å². The van der Waals surface area contributed by atoms with Crippen LogP contribution < -0.4 is 11.1 Å². The van der Waals surface area contributed by atoms with E-state index in [-0.39, 0.29) is 0 Å². The third-order valence-corrected chi connectivity index (χ3v) is 2.65. The van der Waals surface area contributed by atoms with E-state index in [9.17, 15) is 0 Å². The zero-order valence-electron chi connectivity index (χ0n) is 8.78. The molecule has 4 nitrogen and oxygen atoms in total. The van der Waals surface area contributed by atoms with Crippen LogP contribution in [0.5, 0.6) is 0 Å². The molecule has 15 heavy (non-hydrogen) atoms. The lowest BCUT2D eigenvalue weighted by molar-refractivity contribution is 0.185. The van der Waals surface area contributed by atoms with Crippen LogP contribution in [-0.2, 0) is 4.74 Å². The van der Waals surface area contributed by atoms with Crippen LogP contribution in [0.25, 0.3) is 0 Å². The molecule has 0 aromatic carbocycles. The summed E-state index contributed by atoms with van der Waals surface area (Å²) in [4.78, 5) is 4.17. The molecule has 0 bridgehead atoms. The minimum absolute atomic E-state index is 0.559. The number of pyridine rings is 1. The molecule has 0 amide bonds. The van der Waals surface area contributed by atoms with Gasteiger partial charge in [-0.2, -0.15) is 0 Å². The summed E-state index contributed by atoms with van der Waals surface area (Å²) in [6, 6.07) is 5.63. The molecule has 2 rings (SSSR count). The molecule has 2 heterocycles. The van der Waals surface area contributed by atoms with Gasteiger partial charge in [0.15, 0.2) is 0 Å². The molecule has 1 saturated heterocycles. The average Bonchev–Trinajstić information content (AvgIpc) is 2.71. The van der Waals surface area contributed by atoms with E-state index in [2.05, 4.69) is 10.3 Å². The number of hydrogen-bond acceptors (Lipinski definition) is 4. The van der Waals surface area contributed by atoms with E-state index in [4.69, 9.17) is 10.5 Å². The van der Waals surface area contributed by atoms with Gasteiger partial charge in [-0.3, -0.25) is 0 Å². The SMILES string of the molecule is Nc1cccc(NCCC2CCOC2)n1. The van der Waals surface area contributed by atoms with Gasteiger partial charge < -0.3 is 15.8 Å². The van der Waals surface area contributed by atoms with Crippen molar-refractivity contribution in [2.24, 2.45) is 5.92 Å². The number of hydrogen-bond donors (Lipinski definition) is 2. The second kappa shape index (κ2) is 4.98. The van der Waals surface area contributed by atoms with Crippen LogP contribution in [0, 0.1) is 5.92 Å². The Labute approximate surface area is 89.8 Å². The van der Waals surface area contributed by atoms with Crippen LogP contribution in [0.4, 0.5) is 11.6 Å². The number of anilines is 2. The predicted molar refractivity (Wildman–Crippen MR) is 60.7 cm³/mol. The predicted octanol–water partition coefficient (Wildman–Crippen LogP) is 1.50. The number of rotatable bonds is 4. The van der Waals surface area contributed by atoms with Gasteiger partial charge in [0, 0.05) is 19.8 Å². The van der Waals surface area contributed by atoms with Gasteiger partial charge in [0.1, 0.15) is 11.6 Å². The van der Waals surface area contributed by atoms with Crippen LogP contribution in [0.3, 0.4) is 0 Å². The molecular weight excluding hydrogens is 190 g/mol. The highest BCUT2D eigenvalue weighted by atomic mass is 16.5. The van der Waals surface area contributed by atoms with Crippen molar-refractivity contribution >= 4 is 11.6 Å². The first kappa shape index (κ1) is 10.2. The Hall–Kier alpha value is -1.29. The van der Waals surface area contributed by atoms with Crippen LogP contribution in [0.15, 0.2) is 18.2 Å². The Morgan fingerprint density at radius 2 is 2.47 bits per heavy atom. The molecule has 0 aliphatic carbocycles. The number of aromatic nitrogens is 1. The molecule has 1 unspecified atom stereocenters. The van der Waals surface area contributed by atoms with Gasteiger partial charge in [0.2, 0.25) is 0 Å². The van der Waals surface area contributed by atoms with E-state index in [1.54, 1.807) is 6.07 Å². The van der Waals surface area contributed by atoms with Crippen LogP contribution in [0.1, 0.15) is 12.8 Å². The Morgan fingerprint density at radius 1 is 1.53 bits per heavy atom. The molecule has 82 valence electrons. The lowest BCUT2D eigenvalue weighted by Gasteiger charge is -2.09. The van der Waals surface area contributed by atoms with Crippen LogP contribution in [-0.4, -0.2) is 24.7 Å². The van der Waals surface area contributed by atoms with Gasteiger partial charge in [-0.25, -0.2) is 4.98 Å². The topological polar surface area (TPSA) is 60.2 Å². The first-order valence-electron chi connectivity index (χ1n) is 5.39. The van der Waals surface area contributed by atoms with Gasteiger partial charge in [0.05, 0.1) is 0 Å². The van der Waals surface area contributed by atoms with E-state index < -0.39 is 0 Å². The standard InChI is InChI=1S/C11H17N3O/c12-10-2-1-3-11(14-10)13-6-4-9-5-7-15-8-9/h1-3,9H,4-8H2,(H3,12,13,14). The van der Waals surface area contributed by atoms with Gasteiger partial charge in [0.25, 0.3) is 0 Å². The maximum atomic E-state index is 5.58. The molecule has 3 N–H and O–H groups in total. The molecule has 0 saturated carbocycles. The molecule has 0 radical (unpaired) electrons. The largest absolute Gasteiger partial charge is 0.384 e. The van der Waals surface area contributed by atoms with E-state index in [0.29, 0.717) is 11.7 Å². The van der Waals surface area contributed by atoms with Crippen molar-refractivity contribution in [3.8, 4) is 0 Å². The highest BCUT2D eigenvalue weighted by molar-refractivity contribution is 5.41. The van der Waals surface area contributed by atoms with Crippen molar-refractivity contribution in [1.82, 2.24) is 4.98 Å². The summed E-state index contributed by atoms with van der Waals surface area (Å²) in [7, 11) is 0. The highest BCUT2D eigenvalue weighted by Crippen LogP contribution is 2.16. The molecule has 0 spiro atoms. The summed E-state index contributed by atoms with van der Waals surface area (Å²) >= 11 is 0. The first-order valence-corrected chi connectivity index (χ1v) is 5.39. The van der Waals surface area contributed by atoms with Crippen LogP contribution >= 0.6 is 0 Å². The van der Waals surface area contributed by atoms with Gasteiger partial charge in [-0.05, 0) is 30.9 Å². The van der Waals surface area contributed by atoms with Crippen molar-refractivity contribution in [2.45, 2.75) is 12.8 Å². The van der Waals surface area contributed by atoms with Gasteiger partial charge in [-0.1, -0.05) is 6.07 Å². The monoisotopic (exact) mass is 207 g/mol. The maximum Gasteiger partial charge on any atom is 0.128 e. The number of nitrogens with zero attached hydrogens (tertiary/aromatic N) is 1. The minimum atomic E-state index is 0.559. The summed E-state index contributed by atoms with van der Waals surface area (Å²) in [6.07, 6.45) is 2.32. The molecule has 4 heteroatoms. The quantitative estimate of drug-likeness (QED) is 0.785. The Kier molecular flexibility index (Phi) is 3.40. The number of nitrogen functional groups attached to an aromatic ring is 1. The number of nitrogens with two attached hydrogens (primary N) is 1. The minimum Gasteiger partial charge on any atom is -0.384 e. The number of ether oxygens (including phenoxy) is 1. The van der Waals surface area contributed by atoms with Crippen molar-refractivity contribution in [3.05, 3.63) is 18.2 Å². The zero-order chi connectivity index (χ0) is 10.5. The van der Waals surface area contributed by atoms with Crippen molar-refractivity contribution in [3.63, 3.8) is 0 Å². The molecule has 1 fully saturated rings. The van der Waals surface area contributed by atoms with Crippen molar-refractivity contribution in [1.29, 1.82) is 0 Å². The summed E-state index contributed by atoms with van der Waals surface area (Å²) in [5.41, 5.74) is 5.58. The Balaban J connectivity index is 1.73. The number of nitrogens with one attached hydrogen (secondary N) is 1. The maximum absolute atomic E-state index is 5.58. The third kappa shape index (κ3) is 3.09. The summed E-state index contributed by atoms with van der Waals surface area (Å²) < 4.78 is 5.32. The van der Waals surface area contributed by atoms with Crippen molar-refractivity contribution < 1.29 is 4.74 Å². The summed E-state index contributed by atoms with van der Waals surface area (Å²) in [6.45, 7) is 2.76. The normalized spacial score (nSPS) is 20.4. The summed E-state index contributed by atoms with van der Waals surface area (Å²) in [5.74, 6) is 2.12. The molecule has 1 atom stereocenters. The fourth-order valence-corrected chi connectivity index (χ4v) is 1.77. The lowest BCUT2D eigenvalue weighted by atomic mass is 10.1. The average molecular weight is 207 g/mol. The second-order valence-corrected chi connectivity index (χ2v) is 3.89. The smallest absolute Gasteiger partial charge is 0.128 e. The zero-order valence-corrected chi connectivity index (χ0v) is 8.78. The molecule has 1 aromatic heterocycles. The third-order valence-electron chi connectivity index (χ3n) is 2.65. The highest BCUT2D eigenvalue weighted by Gasteiger charge is 2.14. The van der Waals surface area contributed by atoms with Crippen LogP contribution in [0.2, 0.25) is 0 Å². The summed E-state index contributed by atoms with van der Waals surface area (Å²) in [5, 5.41) is 3.27.